The number of carbonyl (C=O) groups excluding carboxylic acids is 1. The number of carbonyl (C=O) groups is 1. The molecule has 0 aromatic heterocycles. The fraction of sp³-hybridized carbons (Fsp3) is 0.533. The van der Waals surface area contributed by atoms with E-state index < -0.39 is 2.14 Å². The van der Waals surface area contributed by atoms with Crippen molar-refractivity contribution in [2.75, 3.05) is 0 Å². The molecule has 0 spiro atoms. The highest BCUT2D eigenvalue weighted by Gasteiger charge is 2.34. The van der Waals surface area contributed by atoms with E-state index in [0.717, 1.165) is 12.8 Å². The van der Waals surface area contributed by atoms with Crippen LogP contribution in [-0.2, 0) is 0 Å². The normalized spacial score (nSPS) is 18.2. The molecular weight excluding hydrogens is 464 g/mol. The Kier molecular flexibility index (Phi) is 6.72. The summed E-state index contributed by atoms with van der Waals surface area (Å²) in [5, 5.41) is 6.55. The second-order valence-electron chi connectivity index (χ2n) is 5.32. The van der Waals surface area contributed by atoms with E-state index in [1.807, 2.05) is 30.3 Å². The van der Waals surface area contributed by atoms with Gasteiger partial charge in [-0.2, -0.15) is 0 Å². The molecule has 1 unspecified atom stereocenters. The zero-order chi connectivity index (χ0) is 15.3. The molecule has 116 valence electrons. The minimum atomic E-state index is -0.575. The molecule has 0 aliphatic heterocycles. The molecule has 1 aliphatic carbocycles. The van der Waals surface area contributed by atoms with Crippen LogP contribution in [0.3, 0.4) is 0 Å². The van der Waals surface area contributed by atoms with Gasteiger partial charge in [0.1, 0.15) is 6.17 Å². The molecule has 0 bridgehead atoms. The number of benzene rings is 1. The minimum Gasteiger partial charge on any atom is -0.334 e. The minimum absolute atomic E-state index is 0.0911. The van der Waals surface area contributed by atoms with Gasteiger partial charge in [0.15, 0.2) is 2.14 Å². The maximum absolute atomic E-state index is 12.3. The summed E-state index contributed by atoms with van der Waals surface area (Å²) in [5.74, 6) is -0.0911. The number of rotatable bonds is 4. The molecule has 0 saturated heterocycles. The first kappa shape index (κ1) is 17.4. The molecule has 2 N–H and O–H groups in total. The largest absolute Gasteiger partial charge is 0.334 e. The van der Waals surface area contributed by atoms with E-state index in [1.165, 1.54) is 19.3 Å². The van der Waals surface area contributed by atoms with Crippen molar-refractivity contribution in [2.45, 2.75) is 46.5 Å². The van der Waals surface area contributed by atoms with Crippen LogP contribution in [0.5, 0.6) is 0 Å². The van der Waals surface area contributed by atoms with Crippen molar-refractivity contribution >= 4 is 53.7 Å². The van der Waals surface area contributed by atoms with Gasteiger partial charge in [-0.1, -0.05) is 85.3 Å². The van der Waals surface area contributed by atoms with Gasteiger partial charge in [0.2, 0.25) is 0 Å². The van der Waals surface area contributed by atoms with E-state index in [2.05, 4.69) is 58.4 Å². The van der Waals surface area contributed by atoms with E-state index in [0.29, 0.717) is 11.6 Å². The van der Waals surface area contributed by atoms with Crippen LogP contribution in [0.15, 0.2) is 30.3 Å². The van der Waals surface area contributed by atoms with Crippen LogP contribution in [-0.4, -0.2) is 20.3 Å². The van der Waals surface area contributed by atoms with Gasteiger partial charge in [-0.15, -0.1) is 0 Å². The lowest BCUT2D eigenvalue weighted by Gasteiger charge is -2.33. The van der Waals surface area contributed by atoms with Crippen molar-refractivity contribution in [1.29, 1.82) is 0 Å². The Morgan fingerprint density at radius 3 is 2.29 bits per heavy atom. The molecule has 3 nitrogen and oxygen atoms in total. The van der Waals surface area contributed by atoms with E-state index >= 15 is 0 Å². The summed E-state index contributed by atoms with van der Waals surface area (Å²) in [6.07, 6.45) is 5.85. The first-order chi connectivity index (χ1) is 9.97. The average Bonchev–Trinajstić information content (AvgIpc) is 2.47. The third-order valence-corrected chi connectivity index (χ3v) is 5.02. The summed E-state index contributed by atoms with van der Waals surface area (Å²) < 4.78 is -0.575. The molecule has 1 amide bonds. The Morgan fingerprint density at radius 1 is 1.10 bits per heavy atom. The summed E-state index contributed by atoms with van der Waals surface area (Å²) in [5.41, 5.74) is 0.657. The highest BCUT2D eigenvalue weighted by atomic mass is 80.0. The highest BCUT2D eigenvalue weighted by molar-refractivity contribution is 9.39. The van der Waals surface area contributed by atoms with Crippen molar-refractivity contribution in [2.24, 2.45) is 0 Å². The predicted octanol–water partition coefficient (Wildman–Crippen LogP) is 4.50. The van der Waals surface area contributed by atoms with Gasteiger partial charge in [-0.05, 0) is 25.0 Å². The molecule has 1 aromatic carbocycles. The van der Waals surface area contributed by atoms with Crippen molar-refractivity contribution in [3.05, 3.63) is 35.9 Å². The summed E-state index contributed by atoms with van der Waals surface area (Å²) in [6, 6.07) is 9.69. The molecule has 1 atom stereocenters. The standard InChI is InChI=1S/C15H19Br3N2O/c16-15(17,18)14(19-12-9-5-2-6-10-12)20-13(21)11-7-3-1-4-8-11/h1,3-4,7-8,12,14,19H,2,5-6,9-10H2,(H,20,21). The molecule has 0 heterocycles. The van der Waals surface area contributed by atoms with Gasteiger partial charge in [0.25, 0.3) is 5.91 Å². The number of hydrogen-bond donors (Lipinski definition) is 2. The fourth-order valence-electron chi connectivity index (χ4n) is 2.53. The molecule has 0 radical (unpaired) electrons. The molecule has 2 rings (SSSR count). The second-order valence-corrected chi connectivity index (χ2v) is 12.3. The van der Waals surface area contributed by atoms with Crippen LogP contribution >= 0.6 is 47.8 Å². The van der Waals surface area contributed by atoms with Crippen molar-refractivity contribution in [3.8, 4) is 0 Å². The van der Waals surface area contributed by atoms with Gasteiger partial charge in [-0.3, -0.25) is 10.1 Å². The lowest BCUT2D eigenvalue weighted by atomic mass is 9.95. The summed E-state index contributed by atoms with van der Waals surface area (Å²) in [4.78, 5) is 12.3. The number of nitrogens with one attached hydrogen (secondary N) is 2. The van der Waals surface area contributed by atoms with Crippen LogP contribution in [0.2, 0.25) is 0 Å². The zero-order valence-electron chi connectivity index (χ0n) is 11.6. The molecule has 6 heteroatoms. The lowest BCUT2D eigenvalue weighted by molar-refractivity contribution is 0.0927. The Hall–Kier alpha value is 0.0900. The smallest absolute Gasteiger partial charge is 0.252 e. The molecule has 1 saturated carbocycles. The van der Waals surface area contributed by atoms with E-state index in [9.17, 15) is 4.79 Å². The number of alkyl halides is 3. The third kappa shape index (κ3) is 5.66. The highest BCUT2D eigenvalue weighted by Crippen LogP contribution is 2.37. The van der Waals surface area contributed by atoms with E-state index in [1.54, 1.807) is 0 Å². The first-order valence-electron chi connectivity index (χ1n) is 7.15. The third-order valence-electron chi connectivity index (χ3n) is 3.65. The Balaban J connectivity index is 2.01. The van der Waals surface area contributed by atoms with Crippen molar-refractivity contribution in [3.63, 3.8) is 0 Å². The summed E-state index contributed by atoms with van der Waals surface area (Å²) in [7, 11) is 0. The molecular formula is C15H19Br3N2O. The monoisotopic (exact) mass is 480 g/mol. The van der Waals surface area contributed by atoms with E-state index in [-0.39, 0.29) is 12.1 Å². The van der Waals surface area contributed by atoms with Gasteiger partial charge in [-0.25, -0.2) is 0 Å². The number of halogens is 3. The number of amides is 1. The summed E-state index contributed by atoms with van der Waals surface area (Å²) in [6.45, 7) is 0. The molecule has 21 heavy (non-hydrogen) atoms. The Morgan fingerprint density at radius 2 is 1.71 bits per heavy atom. The molecule has 1 fully saturated rings. The van der Waals surface area contributed by atoms with Crippen LogP contribution < -0.4 is 10.6 Å². The quantitative estimate of drug-likeness (QED) is 0.490. The van der Waals surface area contributed by atoms with Crippen LogP contribution in [0.25, 0.3) is 0 Å². The Bertz CT molecular complexity index is 456. The van der Waals surface area contributed by atoms with Gasteiger partial charge in [0, 0.05) is 11.6 Å². The van der Waals surface area contributed by atoms with Crippen molar-refractivity contribution < 1.29 is 4.79 Å². The van der Waals surface area contributed by atoms with Gasteiger partial charge >= 0.3 is 0 Å². The maximum atomic E-state index is 12.3. The molecule has 1 aromatic rings. The topological polar surface area (TPSA) is 41.1 Å². The van der Waals surface area contributed by atoms with Crippen LogP contribution in [0.4, 0.5) is 0 Å². The Labute approximate surface area is 151 Å². The van der Waals surface area contributed by atoms with Crippen molar-refractivity contribution in [1.82, 2.24) is 10.6 Å². The number of hydrogen-bond acceptors (Lipinski definition) is 2. The average molecular weight is 483 g/mol. The predicted molar refractivity (Wildman–Crippen MR) is 97.2 cm³/mol. The second kappa shape index (κ2) is 8.09. The van der Waals surface area contributed by atoms with Gasteiger partial charge in [0.05, 0.1) is 0 Å². The lowest BCUT2D eigenvalue weighted by Crippen LogP contribution is -2.56. The van der Waals surface area contributed by atoms with E-state index in [4.69, 9.17) is 0 Å². The zero-order valence-corrected chi connectivity index (χ0v) is 16.4. The van der Waals surface area contributed by atoms with Crippen LogP contribution in [0, 0.1) is 0 Å². The first-order valence-corrected chi connectivity index (χ1v) is 9.53. The van der Waals surface area contributed by atoms with Crippen LogP contribution in [0.1, 0.15) is 42.5 Å². The van der Waals surface area contributed by atoms with Gasteiger partial charge < -0.3 is 5.32 Å². The SMILES string of the molecule is O=C(NC(NC1CCCCC1)C(Br)(Br)Br)c1ccccc1. The summed E-state index contributed by atoms with van der Waals surface area (Å²) >= 11 is 10.6. The molecule has 1 aliphatic rings. The maximum Gasteiger partial charge on any atom is 0.252 e. The fourth-order valence-corrected chi connectivity index (χ4v) is 3.27.